The molecular formula is C12H16N2O4. The van der Waals surface area contributed by atoms with Gasteiger partial charge >= 0.3 is 0 Å². The third-order valence-electron chi connectivity index (χ3n) is 3.17. The van der Waals surface area contributed by atoms with Gasteiger partial charge in [-0.15, -0.1) is 0 Å². The molecule has 1 aromatic carbocycles. The van der Waals surface area contributed by atoms with Gasteiger partial charge in [0.2, 0.25) is 0 Å². The van der Waals surface area contributed by atoms with Crippen molar-refractivity contribution in [3.05, 3.63) is 34.4 Å². The van der Waals surface area contributed by atoms with Gasteiger partial charge in [-0.1, -0.05) is 6.07 Å². The monoisotopic (exact) mass is 252 g/mol. The molecule has 1 unspecified atom stereocenters. The zero-order valence-electron chi connectivity index (χ0n) is 10.2. The number of nitrogens with one attached hydrogen (secondary N) is 1. The Morgan fingerprint density at radius 2 is 2.44 bits per heavy atom. The average molecular weight is 252 g/mol. The van der Waals surface area contributed by atoms with Crippen molar-refractivity contribution in [3.63, 3.8) is 0 Å². The predicted molar refractivity (Wildman–Crippen MR) is 66.8 cm³/mol. The van der Waals surface area contributed by atoms with Crippen molar-refractivity contribution in [2.24, 2.45) is 0 Å². The molecule has 0 amide bonds. The van der Waals surface area contributed by atoms with E-state index in [4.69, 9.17) is 9.47 Å². The third kappa shape index (κ3) is 2.77. The van der Waals surface area contributed by atoms with Gasteiger partial charge in [0.1, 0.15) is 5.60 Å². The van der Waals surface area contributed by atoms with E-state index in [0.717, 1.165) is 6.42 Å². The van der Waals surface area contributed by atoms with E-state index in [0.29, 0.717) is 25.4 Å². The van der Waals surface area contributed by atoms with Gasteiger partial charge in [-0.25, -0.2) is 0 Å². The molecule has 1 aromatic rings. The van der Waals surface area contributed by atoms with Crippen molar-refractivity contribution in [1.82, 2.24) is 0 Å². The standard InChI is InChI=1S/C12H16N2O4/c1-17-12(5-6-18-9-12)8-13-10-3-2-4-11(7-10)14(15)16/h2-4,7,13H,5-6,8-9H2,1H3. The molecule has 1 N–H and O–H groups in total. The molecule has 1 saturated heterocycles. The van der Waals surface area contributed by atoms with Crippen LogP contribution in [-0.2, 0) is 9.47 Å². The summed E-state index contributed by atoms with van der Waals surface area (Å²) >= 11 is 0. The lowest BCUT2D eigenvalue weighted by Crippen LogP contribution is -2.39. The van der Waals surface area contributed by atoms with E-state index in [2.05, 4.69) is 5.32 Å². The van der Waals surface area contributed by atoms with Crippen LogP contribution in [-0.4, -0.2) is 37.4 Å². The van der Waals surface area contributed by atoms with Crippen molar-refractivity contribution in [2.45, 2.75) is 12.0 Å². The van der Waals surface area contributed by atoms with Crippen LogP contribution in [0.4, 0.5) is 11.4 Å². The van der Waals surface area contributed by atoms with Gasteiger partial charge in [-0.3, -0.25) is 10.1 Å². The Bertz CT molecular complexity index is 430. The number of ether oxygens (including phenoxy) is 2. The molecular weight excluding hydrogens is 236 g/mol. The smallest absolute Gasteiger partial charge is 0.271 e. The van der Waals surface area contributed by atoms with E-state index in [9.17, 15) is 10.1 Å². The summed E-state index contributed by atoms with van der Waals surface area (Å²) < 4.78 is 10.8. The normalized spacial score (nSPS) is 22.9. The van der Waals surface area contributed by atoms with Crippen molar-refractivity contribution >= 4 is 11.4 Å². The molecule has 0 radical (unpaired) electrons. The van der Waals surface area contributed by atoms with Gasteiger partial charge in [0.25, 0.3) is 5.69 Å². The van der Waals surface area contributed by atoms with Crippen molar-refractivity contribution in [1.29, 1.82) is 0 Å². The number of rotatable bonds is 5. The molecule has 6 heteroatoms. The van der Waals surface area contributed by atoms with Crippen LogP contribution in [0.15, 0.2) is 24.3 Å². The van der Waals surface area contributed by atoms with Crippen molar-refractivity contribution in [3.8, 4) is 0 Å². The van der Waals surface area contributed by atoms with E-state index in [1.165, 1.54) is 12.1 Å². The SMILES string of the molecule is COC1(CNc2cccc([N+](=O)[O-])c2)CCOC1. The Hall–Kier alpha value is -1.66. The molecule has 1 aliphatic heterocycles. The van der Waals surface area contributed by atoms with Crippen LogP contribution in [0.5, 0.6) is 0 Å². The van der Waals surface area contributed by atoms with Crippen LogP contribution in [0.1, 0.15) is 6.42 Å². The van der Waals surface area contributed by atoms with E-state index in [-0.39, 0.29) is 11.3 Å². The summed E-state index contributed by atoms with van der Waals surface area (Å²) in [6.45, 7) is 1.81. The zero-order valence-corrected chi connectivity index (χ0v) is 10.2. The largest absolute Gasteiger partial charge is 0.382 e. The first-order valence-electron chi connectivity index (χ1n) is 5.76. The summed E-state index contributed by atoms with van der Waals surface area (Å²) in [6.07, 6.45) is 0.825. The second-order valence-electron chi connectivity index (χ2n) is 4.35. The molecule has 98 valence electrons. The lowest BCUT2D eigenvalue weighted by Gasteiger charge is -2.26. The fourth-order valence-corrected chi connectivity index (χ4v) is 1.95. The van der Waals surface area contributed by atoms with Gasteiger partial charge in [-0.05, 0) is 6.07 Å². The maximum Gasteiger partial charge on any atom is 0.271 e. The highest BCUT2D eigenvalue weighted by molar-refractivity contribution is 5.51. The summed E-state index contributed by atoms with van der Waals surface area (Å²) in [5.41, 5.74) is 0.464. The Labute approximate surface area is 105 Å². The van der Waals surface area contributed by atoms with Crippen LogP contribution in [0, 0.1) is 10.1 Å². The quantitative estimate of drug-likeness (QED) is 0.639. The van der Waals surface area contributed by atoms with Gasteiger partial charge in [0.05, 0.1) is 11.5 Å². The summed E-state index contributed by atoms with van der Waals surface area (Å²) in [6, 6.07) is 6.44. The van der Waals surface area contributed by atoms with Crippen LogP contribution < -0.4 is 5.32 Å². The number of non-ortho nitro benzene ring substituents is 1. The zero-order chi connectivity index (χ0) is 13.0. The number of hydrogen-bond donors (Lipinski definition) is 1. The van der Waals surface area contributed by atoms with E-state index in [1.807, 2.05) is 0 Å². The number of nitro benzene ring substituents is 1. The molecule has 0 bridgehead atoms. The number of benzene rings is 1. The minimum absolute atomic E-state index is 0.0779. The minimum Gasteiger partial charge on any atom is -0.382 e. The molecule has 18 heavy (non-hydrogen) atoms. The molecule has 2 rings (SSSR count). The van der Waals surface area contributed by atoms with Gasteiger partial charge in [0.15, 0.2) is 0 Å². The van der Waals surface area contributed by atoms with Gasteiger partial charge < -0.3 is 14.8 Å². The lowest BCUT2D eigenvalue weighted by atomic mass is 10.0. The fourth-order valence-electron chi connectivity index (χ4n) is 1.95. The highest BCUT2D eigenvalue weighted by atomic mass is 16.6. The van der Waals surface area contributed by atoms with Crippen LogP contribution in [0.3, 0.4) is 0 Å². The number of nitrogens with zero attached hydrogens (tertiary/aromatic N) is 1. The maximum atomic E-state index is 10.7. The van der Waals surface area contributed by atoms with Crippen LogP contribution in [0.2, 0.25) is 0 Å². The molecule has 1 heterocycles. The summed E-state index contributed by atoms with van der Waals surface area (Å²) in [5, 5.41) is 13.8. The Morgan fingerprint density at radius 1 is 1.61 bits per heavy atom. The summed E-state index contributed by atoms with van der Waals surface area (Å²) in [5.74, 6) is 0. The molecule has 0 saturated carbocycles. The topological polar surface area (TPSA) is 73.6 Å². The first-order valence-corrected chi connectivity index (χ1v) is 5.76. The highest BCUT2D eigenvalue weighted by Gasteiger charge is 2.34. The molecule has 0 aromatic heterocycles. The second kappa shape index (κ2) is 5.32. The Kier molecular flexibility index (Phi) is 3.78. The molecule has 0 aliphatic carbocycles. The highest BCUT2D eigenvalue weighted by Crippen LogP contribution is 2.24. The molecule has 1 aliphatic rings. The van der Waals surface area contributed by atoms with E-state index in [1.54, 1.807) is 19.2 Å². The van der Waals surface area contributed by atoms with Crippen molar-refractivity contribution in [2.75, 3.05) is 32.2 Å². The fraction of sp³-hybridized carbons (Fsp3) is 0.500. The van der Waals surface area contributed by atoms with Crippen LogP contribution in [0.25, 0.3) is 0 Å². The first-order chi connectivity index (χ1) is 8.65. The Morgan fingerprint density at radius 3 is 3.06 bits per heavy atom. The van der Waals surface area contributed by atoms with Crippen molar-refractivity contribution < 1.29 is 14.4 Å². The number of hydrogen-bond acceptors (Lipinski definition) is 5. The van der Waals surface area contributed by atoms with E-state index >= 15 is 0 Å². The molecule has 6 nitrogen and oxygen atoms in total. The second-order valence-corrected chi connectivity index (χ2v) is 4.35. The van der Waals surface area contributed by atoms with E-state index < -0.39 is 4.92 Å². The number of nitro groups is 1. The Balaban J connectivity index is 2.01. The summed E-state index contributed by atoms with van der Waals surface area (Å²) in [7, 11) is 1.66. The minimum atomic E-state index is -0.407. The number of methoxy groups -OCH3 is 1. The summed E-state index contributed by atoms with van der Waals surface area (Å²) in [4.78, 5) is 10.3. The van der Waals surface area contributed by atoms with Gasteiger partial charge in [-0.2, -0.15) is 0 Å². The predicted octanol–water partition coefficient (Wildman–Crippen LogP) is 1.81. The average Bonchev–Trinajstić information content (AvgIpc) is 2.86. The molecule has 1 atom stereocenters. The third-order valence-corrected chi connectivity index (χ3v) is 3.17. The maximum absolute atomic E-state index is 10.7. The van der Waals surface area contributed by atoms with Crippen LogP contribution >= 0.6 is 0 Å². The number of anilines is 1. The van der Waals surface area contributed by atoms with Gasteiger partial charge in [0, 0.05) is 44.5 Å². The first kappa shape index (κ1) is 12.8. The molecule has 1 fully saturated rings. The lowest BCUT2D eigenvalue weighted by molar-refractivity contribution is -0.384. The molecule has 0 spiro atoms.